The van der Waals surface area contributed by atoms with Crippen LogP contribution in [0, 0.1) is 0 Å². The summed E-state index contributed by atoms with van der Waals surface area (Å²) < 4.78 is 0. The molecule has 0 radical (unpaired) electrons. The second kappa shape index (κ2) is 16.9. The molecule has 0 aliphatic carbocycles. The normalized spacial score (nSPS) is 13.5. The summed E-state index contributed by atoms with van der Waals surface area (Å²) >= 11 is 0. The zero-order valence-electron chi connectivity index (χ0n) is 22.1. The number of carbonyl (C=O) groups is 6. The zero-order valence-corrected chi connectivity index (χ0v) is 22.1. The van der Waals surface area contributed by atoms with Gasteiger partial charge in [0.25, 0.3) is 0 Å². The van der Waals surface area contributed by atoms with Gasteiger partial charge in [0, 0.05) is 19.4 Å². The van der Waals surface area contributed by atoms with Gasteiger partial charge in [0.05, 0.1) is 12.5 Å². The maximum Gasteiger partial charge on any atom is 0.326 e. The fourth-order valence-corrected chi connectivity index (χ4v) is 3.49. The van der Waals surface area contributed by atoms with Crippen LogP contribution in [0.1, 0.15) is 37.7 Å². The van der Waals surface area contributed by atoms with E-state index in [4.69, 9.17) is 28.0 Å². The Morgan fingerprint density at radius 3 is 1.90 bits per heavy atom. The first kappa shape index (κ1) is 34.1. The highest BCUT2D eigenvalue weighted by molar-refractivity contribution is 5.96. The fourth-order valence-electron chi connectivity index (χ4n) is 3.49. The third kappa shape index (κ3) is 13.6. The quantitative estimate of drug-likeness (QED) is 0.0461. The van der Waals surface area contributed by atoms with Crippen molar-refractivity contribution in [3.8, 4) is 5.75 Å². The number of aliphatic carboxylic acids is 2. The lowest BCUT2D eigenvalue weighted by molar-refractivity contribution is -0.142. The molecule has 0 heterocycles. The molecule has 0 saturated heterocycles. The van der Waals surface area contributed by atoms with Crippen LogP contribution >= 0.6 is 0 Å². The average molecular weight is 581 g/mol. The molecule has 0 aliphatic heterocycles. The lowest BCUT2D eigenvalue weighted by atomic mass is 10.0. The van der Waals surface area contributed by atoms with Gasteiger partial charge in [-0.3, -0.25) is 29.0 Å². The molecule has 1 aromatic rings. The third-order valence-electron chi connectivity index (χ3n) is 5.61. The second-order valence-corrected chi connectivity index (χ2v) is 9.05. The van der Waals surface area contributed by atoms with E-state index in [2.05, 4.69) is 20.9 Å². The van der Waals surface area contributed by atoms with Gasteiger partial charge in [0.1, 0.15) is 23.9 Å². The molecule has 0 bridgehead atoms. The lowest BCUT2D eigenvalue weighted by Crippen LogP contribution is -2.58. The van der Waals surface area contributed by atoms with Crippen LogP contribution in [-0.2, 0) is 35.2 Å². The van der Waals surface area contributed by atoms with E-state index in [1.807, 2.05) is 0 Å². The van der Waals surface area contributed by atoms with Crippen molar-refractivity contribution < 1.29 is 44.1 Å². The molecule has 1 aromatic carbocycles. The number of phenols is 1. The van der Waals surface area contributed by atoms with Crippen LogP contribution in [0.2, 0.25) is 0 Å². The first-order valence-electron chi connectivity index (χ1n) is 12.4. The Bertz CT molecular complexity index is 1120. The Hall–Kier alpha value is -4.93. The van der Waals surface area contributed by atoms with E-state index in [0.29, 0.717) is 12.0 Å². The van der Waals surface area contributed by atoms with Gasteiger partial charge in [-0.05, 0) is 37.0 Å². The van der Waals surface area contributed by atoms with E-state index < -0.39 is 79.0 Å². The minimum Gasteiger partial charge on any atom is -0.508 e. The number of hydrogen-bond acceptors (Lipinski definition) is 9. The predicted molar refractivity (Wildman–Crippen MR) is 144 cm³/mol. The highest BCUT2D eigenvalue weighted by Crippen LogP contribution is 2.12. The first-order valence-corrected chi connectivity index (χ1v) is 12.4. The highest BCUT2D eigenvalue weighted by atomic mass is 16.4. The van der Waals surface area contributed by atoms with E-state index in [-0.39, 0.29) is 31.1 Å². The van der Waals surface area contributed by atoms with Crippen molar-refractivity contribution in [3.05, 3.63) is 29.8 Å². The molecule has 0 saturated carbocycles. The number of hydrogen-bond donors (Lipinski definition) is 10. The Kier molecular flexibility index (Phi) is 14.1. The Labute approximate surface area is 234 Å². The maximum atomic E-state index is 13.0. The number of carboxylic acids is 2. The molecule has 41 heavy (non-hydrogen) atoms. The van der Waals surface area contributed by atoms with Crippen LogP contribution in [-0.4, -0.2) is 87.6 Å². The Morgan fingerprint density at radius 2 is 1.37 bits per heavy atom. The number of amides is 4. The molecular formula is C24H36N8O9. The molecule has 4 atom stereocenters. The van der Waals surface area contributed by atoms with Gasteiger partial charge in [0.2, 0.25) is 23.6 Å². The summed E-state index contributed by atoms with van der Waals surface area (Å²) in [6, 6.07) is -0.176. The summed E-state index contributed by atoms with van der Waals surface area (Å²) in [6.07, 6.45) is -1.41. The number of guanidine groups is 1. The topological polar surface area (TPSA) is 316 Å². The number of benzene rings is 1. The average Bonchev–Trinajstić information content (AvgIpc) is 2.88. The SMILES string of the molecule is NC(=O)CC(NC(=O)C(CCC(=O)O)NC(=O)C(N)CCCN=C(N)N)C(=O)NC(Cc1ccc(O)cc1)C(=O)O. The van der Waals surface area contributed by atoms with Gasteiger partial charge in [-0.15, -0.1) is 0 Å². The molecule has 1 rings (SSSR count). The van der Waals surface area contributed by atoms with E-state index >= 15 is 0 Å². The van der Waals surface area contributed by atoms with Crippen LogP contribution in [0.4, 0.5) is 0 Å². The van der Waals surface area contributed by atoms with Crippen molar-refractivity contribution in [1.82, 2.24) is 16.0 Å². The monoisotopic (exact) mass is 580 g/mol. The van der Waals surface area contributed by atoms with Gasteiger partial charge < -0.3 is 54.2 Å². The predicted octanol–water partition coefficient (Wildman–Crippen LogP) is -3.41. The Balaban J connectivity index is 3.00. The Morgan fingerprint density at radius 1 is 0.805 bits per heavy atom. The van der Waals surface area contributed by atoms with Gasteiger partial charge in [0.15, 0.2) is 5.96 Å². The number of primary amides is 1. The van der Waals surface area contributed by atoms with Crippen molar-refractivity contribution in [2.45, 2.75) is 62.7 Å². The lowest BCUT2D eigenvalue weighted by Gasteiger charge is -2.24. The van der Waals surface area contributed by atoms with Crippen LogP contribution in [0.15, 0.2) is 29.3 Å². The van der Waals surface area contributed by atoms with Crippen LogP contribution in [0.3, 0.4) is 0 Å². The van der Waals surface area contributed by atoms with Gasteiger partial charge >= 0.3 is 11.9 Å². The third-order valence-corrected chi connectivity index (χ3v) is 5.61. The summed E-state index contributed by atoms with van der Waals surface area (Å²) in [5, 5.41) is 34.8. The number of aliphatic imine (C=N–C) groups is 1. The molecule has 17 heteroatoms. The minimum atomic E-state index is -1.65. The summed E-state index contributed by atoms with van der Waals surface area (Å²) in [5.41, 5.74) is 22.0. The number of carboxylic acid groups (broad SMARTS) is 2. The van der Waals surface area contributed by atoms with Gasteiger partial charge in [-0.2, -0.15) is 0 Å². The zero-order chi connectivity index (χ0) is 31.1. The number of rotatable bonds is 18. The molecule has 4 unspecified atom stereocenters. The van der Waals surface area contributed by atoms with Crippen LogP contribution < -0.4 is 38.9 Å². The van der Waals surface area contributed by atoms with Gasteiger partial charge in [-0.1, -0.05) is 12.1 Å². The van der Waals surface area contributed by atoms with E-state index in [1.165, 1.54) is 24.3 Å². The molecule has 4 amide bonds. The molecule has 0 spiro atoms. The number of aromatic hydroxyl groups is 1. The summed E-state index contributed by atoms with van der Waals surface area (Å²) in [7, 11) is 0. The second-order valence-electron chi connectivity index (χ2n) is 9.05. The number of nitrogens with one attached hydrogen (secondary N) is 3. The molecule has 226 valence electrons. The summed E-state index contributed by atoms with van der Waals surface area (Å²) in [5.74, 6) is -6.79. The smallest absolute Gasteiger partial charge is 0.326 e. The number of phenolic OH excluding ortho intramolecular Hbond substituents is 1. The van der Waals surface area contributed by atoms with Crippen molar-refractivity contribution in [1.29, 1.82) is 0 Å². The van der Waals surface area contributed by atoms with Crippen molar-refractivity contribution in [2.75, 3.05) is 6.54 Å². The number of nitrogens with zero attached hydrogens (tertiary/aromatic N) is 1. The van der Waals surface area contributed by atoms with Crippen LogP contribution in [0.25, 0.3) is 0 Å². The molecule has 0 fully saturated rings. The fraction of sp³-hybridized carbons (Fsp3) is 0.458. The minimum absolute atomic E-state index is 0.0506. The molecule has 14 N–H and O–H groups in total. The standard InChI is InChI=1S/C24H36N8O9/c25-14(2-1-9-29-24(27)28)20(37)30-15(7-8-19(35)36)21(38)31-16(11-18(26)34)22(39)32-17(23(40)41)10-12-3-5-13(33)6-4-12/h3-6,14-17,33H,1-2,7-11,25H2,(H2,26,34)(H,30,37)(H,31,38)(H,32,39)(H,35,36)(H,40,41)(H4,27,28,29). The van der Waals surface area contributed by atoms with Crippen LogP contribution in [0.5, 0.6) is 5.75 Å². The van der Waals surface area contributed by atoms with E-state index in [9.17, 15) is 39.0 Å². The van der Waals surface area contributed by atoms with Gasteiger partial charge in [-0.25, -0.2) is 4.79 Å². The highest BCUT2D eigenvalue weighted by Gasteiger charge is 2.31. The molecule has 0 aromatic heterocycles. The summed E-state index contributed by atoms with van der Waals surface area (Å²) in [6.45, 7) is 0.195. The number of carbonyl (C=O) groups excluding carboxylic acids is 4. The van der Waals surface area contributed by atoms with Crippen molar-refractivity contribution >= 4 is 41.5 Å². The molecule has 17 nitrogen and oxygen atoms in total. The molecular weight excluding hydrogens is 544 g/mol. The molecule has 0 aliphatic rings. The largest absolute Gasteiger partial charge is 0.508 e. The number of nitrogens with two attached hydrogens (primary N) is 4. The van der Waals surface area contributed by atoms with E-state index in [1.54, 1.807) is 0 Å². The van der Waals surface area contributed by atoms with Crippen molar-refractivity contribution in [3.63, 3.8) is 0 Å². The first-order chi connectivity index (χ1) is 19.2. The maximum absolute atomic E-state index is 13.0. The van der Waals surface area contributed by atoms with Crippen molar-refractivity contribution in [2.24, 2.45) is 27.9 Å². The van der Waals surface area contributed by atoms with E-state index in [0.717, 1.165) is 0 Å². The summed E-state index contributed by atoms with van der Waals surface area (Å²) in [4.78, 5) is 76.7.